The Labute approximate surface area is 251 Å². The van der Waals surface area contributed by atoms with Gasteiger partial charge in [0.1, 0.15) is 0 Å². The number of amides is 1. The van der Waals surface area contributed by atoms with Gasteiger partial charge in [-0.25, -0.2) is 21.6 Å². The van der Waals surface area contributed by atoms with Crippen LogP contribution in [0.15, 0.2) is 63.2 Å². The van der Waals surface area contributed by atoms with Gasteiger partial charge in [0, 0.05) is 25.7 Å². The third-order valence-corrected chi connectivity index (χ3v) is 12.2. The Hall–Kier alpha value is -2.48. The van der Waals surface area contributed by atoms with Gasteiger partial charge in [-0.05, 0) is 81.3 Å². The zero-order valence-corrected chi connectivity index (χ0v) is 25.6. The zero-order chi connectivity index (χ0) is 30.8. The summed E-state index contributed by atoms with van der Waals surface area (Å²) in [4.78, 5) is 15.6. The first kappa shape index (κ1) is 31.9. The summed E-state index contributed by atoms with van der Waals surface area (Å²) in [7, 11) is -9.03. The fraction of sp³-hybridized carbons (Fsp3) is 0.567. The minimum Gasteiger partial charge on any atom is -0.341 e. The molecule has 1 saturated carbocycles. The van der Waals surface area contributed by atoms with Crippen molar-refractivity contribution >= 4 is 25.8 Å². The number of likely N-dealkylation sites (tertiary alicyclic amines) is 2. The Kier molecular flexibility index (Phi) is 9.55. The van der Waals surface area contributed by atoms with Gasteiger partial charge in [0.25, 0.3) is 0 Å². The van der Waals surface area contributed by atoms with Crippen LogP contribution < -0.4 is 4.72 Å². The van der Waals surface area contributed by atoms with Gasteiger partial charge < -0.3 is 4.90 Å². The second kappa shape index (κ2) is 12.9. The average Bonchev–Trinajstić information content (AvgIpc) is 3.45. The second-order valence-electron chi connectivity index (χ2n) is 11.9. The van der Waals surface area contributed by atoms with Gasteiger partial charge in [-0.3, -0.25) is 9.69 Å². The number of benzene rings is 2. The van der Waals surface area contributed by atoms with Crippen molar-refractivity contribution in [1.29, 1.82) is 0 Å². The number of halogens is 3. The summed E-state index contributed by atoms with van der Waals surface area (Å²) in [5.74, 6) is 0.651. The highest BCUT2D eigenvalue weighted by Gasteiger charge is 2.40. The normalized spacial score (nSPS) is 21.7. The molecule has 1 aliphatic carbocycles. The molecular formula is C30H38F3N3O5S2. The number of carbonyl (C=O) groups is 1. The summed E-state index contributed by atoms with van der Waals surface area (Å²) in [6.45, 7) is 2.39. The summed E-state index contributed by atoms with van der Waals surface area (Å²) in [5.41, 5.74) is -1.45. The molecule has 2 aromatic carbocycles. The molecule has 2 aromatic rings. The van der Waals surface area contributed by atoms with Crippen LogP contribution >= 0.6 is 0 Å². The van der Waals surface area contributed by atoms with Gasteiger partial charge in [0.2, 0.25) is 25.8 Å². The number of rotatable bonds is 8. The van der Waals surface area contributed by atoms with Crippen LogP contribution in [-0.4, -0.2) is 70.8 Å². The van der Waals surface area contributed by atoms with E-state index in [1.165, 1.54) is 56.4 Å². The van der Waals surface area contributed by atoms with E-state index in [9.17, 15) is 34.8 Å². The van der Waals surface area contributed by atoms with Gasteiger partial charge in [-0.1, -0.05) is 37.5 Å². The summed E-state index contributed by atoms with van der Waals surface area (Å²) in [6.07, 6.45) is 3.33. The minimum atomic E-state index is -5.03. The molecule has 3 aliphatic rings. The summed E-state index contributed by atoms with van der Waals surface area (Å²) < 4.78 is 96.9. The number of hydrogen-bond acceptors (Lipinski definition) is 6. The topological polar surface area (TPSA) is 104 Å². The van der Waals surface area contributed by atoms with E-state index < -0.39 is 47.4 Å². The first-order chi connectivity index (χ1) is 20.4. The molecule has 0 unspecified atom stereocenters. The quantitative estimate of drug-likeness (QED) is 0.442. The Morgan fingerprint density at radius 3 is 2.14 bits per heavy atom. The van der Waals surface area contributed by atoms with Crippen molar-refractivity contribution in [2.24, 2.45) is 5.92 Å². The van der Waals surface area contributed by atoms with Crippen LogP contribution in [0.2, 0.25) is 0 Å². The fourth-order valence-electron chi connectivity index (χ4n) is 6.60. The maximum atomic E-state index is 13.9. The molecule has 236 valence electrons. The maximum Gasteiger partial charge on any atom is 0.417 e. The predicted octanol–water partition coefficient (Wildman–Crippen LogP) is 4.85. The Morgan fingerprint density at radius 1 is 0.814 bits per heavy atom. The van der Waals surface area contributed by atoms with Crippen molar-refractivity contribution in [3.63, 3.8) is 0 Å². The second-order valence-corrected chi connectivity index (χ2v) is 15.5. The van der Waals surface area contributed by atoms with Crippen LogP contribution in [0, 0.1) is 5.92 Å². The highest BCUT2D eigenvalue weighted by atomic mass is 32.2. The molecule has 3 fully saturated rings. The molecule has 2 aliphatic heterocycles. The molecule has 0 bridgehead atoms. The van der Waals surface area contributed by atoms with Crippen molar-refractivity contribution in [2.75, 3.05) is 26.2 Å². The van der Waals surface area contributed by atoms with Crippen molar-refractivity contribution in [2.45, 2.75) is 90.7 Å². The van der Waals surface area contributed by atoms with E-state index in [-0.39, 0.29) is 42.8 Å². The Bertz CT molecular complexity index is 1500. The standard InChI is InChI=1S/C30H38F3N3O5S2/c31-30(32,33)26-14-13-25(42(38,39)24-10-5-2-6-11-24)20-28(26)43(40,41)34-23-15-18-35(19-16-23)29(37)27-12-7-17-36(27)21-22-8-3-1-4-9-22/h2,5-6,10-11,13-14,20,22-23,27,34H,1,3-4,7-9,12,15-19,21H2/t27-/m1/s1. The van der Waals surface area contributed by atoms with Gasteiger partial charge in [0.05, 0.1) is 26.3 Å². The highest BCUT2D eigenvalue weighted by Crippen LogP contribution is 2.37. The summed E-state index contributed by atoms with van der Waals surface area (Å²) in [5, 5.41) is 0. The van der Waals surface area contributed by atoms with Crippen LogP contribution in [0.5, 0.6) is 0 Å². The van der Waals surface area contributed by atoms with E-state index >= 15 is 0 Å². The fourth-order valence-corrected chi connectivity index (χ4v) is 9.54. The van der Waals surface area contributed by atoms with Gasteiger partial charge >= 0.3 is 6.18 Å². The van der Waals surface area contributed by atoms with E-state index in [1.54, 1.807) is 11.0 Å². The van der Waals surface area contributed by atoms with Crippen LogP contribution in [0.25, 0.3) is 0 Å². The van der Waals surface area contributed by atoms with Gasteiger partial charge in [-0.15, -0.1) is 0 Å². The zero-order valence-electron chi connectivity index (χ0n) is 23.9. The molecule has 13 heteroatoms. The number of sulfone groups is 1. The molecule has 2 saturated heterocycles. The predicted molar refractivity (Wildman–Crippen MR) is 154 cm³/mol. The molecule has 8 nitrogen and oxygen atoms in total. The molecule has 0 spiro atoms. The SMILES string of the molecule is O=C([C@H]1CCCN1CC1CCCCC1)N1CCC(NS(=O)(=O)c2cc(S(=O)(=O)c3ccccc3)ccc2C(F)(F)F)CC1. The van der Waals surface area contributed by atoms with Crippen molar-refractivity contribution < 1.29 is 34.8 Å². The Balaban J connectivity index is 1.27. The van der Waals surface area contributed by atoms with Crippen molar-refractivity contribution in [1.82, 2.24) is 14.5 Å². The van der Waals surface area contributed by atoms with E-state index in [4.69, 9.17) is 0 Å². The summed E-state index contributed by atoms with van der Waals surface area (Å²) >= 11 is 0. The van der Waals surface area contributed by atoms with E-state index in [0.717, 1.165) is 32.0 Å². The average molecular weight is 642 g/mol. The Morgan fingerprint density at radius 2 is 1.49 bits per heavy atom. The smallest absolute Gasteiger partial charge is 0.341 e. The third kappa shape index (κ3) is 7.26. The van der Waals surface area contributed by atoms with Crippen molar-refractivity contribution in [3.8, 4) is 0 Å². The van der Waals surface area contributed by atoms with Crippen LogP contribution in [0.1, 0.15) is 63.4 Å². The van der Waals surface area contributed by atoms with Crippen LogP contribution in [0.3, 0.4) is 0 Å². The lowest BCUT2D eigenvalue weighted by Crippen LogP contribution is -2.52. The molecule has 5 rings (SSSR count). The molecule has 1 atom stereocenters. The number of piperidine rings is 1. The number of sulfonamides is 1. The molecular weight excluding hydrogens is 603 g/mol. The number of hydrogen-bond donors (Lipinski definition) is 1. The van der Waals surface area contributed by atoms with E-state index in [2.05, 4.69) is 9.62 Å². The lowest BCUT2D eigenvalue weighted by Gasteiger charge is -2.37. The molecule has 43 heavy (non-hydrogen) atoms. The van der Waals surface area contributed by atoms with Crippen LogP contribution in [-0.2, 0) is 30.8 Å². The van der Waals surface area contributed by atoms with Crippen molar-refractivity contribution in [3.05, 3.63) is 54.1 Å². The number of alkyl halides is 3. The first-order valence-electron chi connectivity index (χ1n) is 14.9. The number of carbonyl (C=O) groups excluding carboxylic acids is 1. The molecule has 1 amide bonds. The molecule has 0 aromatic heterocycles. The van der Waals surface area contributed by atoms with Gasteiger partial charge in [-0.2, -0.15) is 13.2 Å². The molecule has 2 heterocycles. The number of nitrogens with one attached hydrogen (secondary N) is 1. The van der Waals surface area contributed by atoms with E-state index in [1.807, 2.05) is 0 Å². The maximum absolute atomic E-state index is 13.9. The molecule has 0 radical (unpaired) electrons. The van der Waals surface area contributed by atoms with Gasteiger partial charge in [0.15, 0.2) is 0 Å². The minimum absolute atomic E-state index is 0.0350. The monoisotopic (exact) mass is 641 g/mol. The number of nitrogens with zero attached hydrogens (tertiary/aromatic N) is 2. The van der Waals surface area contributed by atoms with E-state index in [0.29, 0.717) is 18.1 Å². The highest BCUT2D eigenvalue weighted by molar-refractivity contribution is 7.91. The largest absolute Gasteiger partial charge is 0.417 e. The summed E-state index contributed by atoms with van der Waals surface area (Å²) in [6, 6.07) is 8.05. The van der Waals surface area contributed by atoms with Crippen LogP contribution in [0.4, 0.5) is 13.2 Å². The first-order valence-corrected chi connectivity index (χ1v) is 17.9. The lowest BCUT2D eigenvalue weighted by atomic mass is 9.89. The molecule has 1 N–H and O–H groups in total. The third-order valence-electron chi connectivity index (χ3n) is 8.91. The lowest BCUT2D eigenvalue weighted by molar-refractivity contribution is -0.140.